The molecule has 3 rings (SSSR count). The molecule has 1 fully saturated rings. The number of anilines is 2. The molecule has 2 heterocycles. The van der Waals surface area contributed by atoms with Crippen molar-refractivity contribution in [3.63, 3.8) is 0 Å². The number of hydrogen-bond donors (Lipinski definition) is 3. The van der Waals surface area contributed by atoms with Crippen LogP contribution in [0.4, 0.5) is 11.5 Å². The molecule has 0 bridgehead atoms. The number of carbonyl (C=O) groups is 2. The average Bonchev–Trinajstić information content (AvgIpc) is 2.90. The number of aromatic amines is 1. The minimum absolute atomic E-state index is 0.0246. The number of piperidine rings is 1. The fourth-order valence-corrected chi connectivity index (χ4v) is 2.76. The first-order valence-electron chi connectivity index (χ1n) is 7.35. The molecule has 0 saturated carbocycles. The average molecular weight is 301 g/mol. The molecule has 0 unspecified atom stereocenters. The summed E-state index contributed by atoms with van der Waals surface area (Å²) in [5.41, 5.74) is 1.45. The Hall–Kier alpha value is -2.41. The van der Waals surface area contributed by atoms with Crippen molar-refractivity contribution < 1.29 is 9.59 Å². The third kappa shape index (κ3) is 2.94. The molecule has 22 heavy (non-hydrogen) atoms. The summed E-state index contributed by atoms with van der Waals surface area (Å²) < 4.78 is 0. The fraction of sp³-hybridized carbons (Fsp3) is 0.400. The summed E-state index contributed by atoms with van der Waals surface area (Å²) in [6, 6.07) is 5.38. The Kier molecular flexibility index (Phi) is 4.06. The molecule has 1 aromatic carbocycles. The van der Waals surface area contributed by atoms with E-state index in [0.29, 0.717) is 17.9 Å². The molecule has 1 aliphatic heterocycles. The quantitative estimate of drug-likeness (QED) is 0.745. The van der Waals surface area contributed by atoms with E-state index in [-0.39, 0.29) is 11.8 Å². The van der Waals surface area contributed by atoms with E-state index in [0.717, 1.165) is 36.8 Å². The molecule has 0 spiro atoms. The van der Waals surface area contributed by atoms with Crippen LogP contribution in [0.3, 0.4) is 0 Å². The van der Waals surface area contributed by atoms with Gasteiger partial charge < -0.3 is 15.5 Å². The second-order valence-electron chi connectivity index (χ2n) is 5.66. The molecular weight excluding hydrogens is 282 g/mol. The van der Waals surface area contributed by atoms with Crippen LogP contribution in [0.2, 0.25) is 0 Å². The highest BCUT2D eigenvalue weighted by Crippen LogP contribution is 2.25. The Bertz CT molecular complexity index is 688. The van der Waals surface area contributed by atoms with Crippen molar-refractivity contribution in [2.45, 2.75) is 12.8 Å². The van der Waals surface area contributed by atoms with Gasteiger partial charge in [0.15, 0.2) is 5.82 Å². The number of nitrogens with zero attached hydrogens (tertiary/aromatic N) is 2. The Morgan fingerprint density at radius 3 is 2.91 bits per heavy atom. The summed E-state index contributed by atoms with van der Waals surface area (Å²) in [6.07, 6.45) is 2.37. The van der Waals surface area contributed by atoms with Crippen molar-refractivity contribution in [3.05, 3.63) is 18.2 Å². The number of nitrogens with one attached hydrogen (secondary N) is 3. The van der Waals surface area contributed by atoms with Crippen LogP contribution in [0.1, 0.15) is 12.8 Å². The van der Waals surface area contributed by atoms with Crippen molar-refractivity contribution in [2.75, 3.05) is 30.8 Å². The van der Waals surface area contributed by atoms with Gasteiger partial charge in [-0.15, -0.1) is 0 Å². The van der Waals surface area contributed by atoms with Gasteiger partial charge in [0.2, 0.25) is 12.3 Å². The van der Waals surface area contributed by atoms with E-state index in [1.807, 2.05) is 6.07 Å². The van der Waals surface area contributed by atoms with Gasteiger partial charge in [0.1, 0.15) is 0 Å². The summed E-state index contributed by atoms with van der Waals surface area (Å²) in [5, 5.41) is 13.4. The summed E-state index contributed by atoms with van der Waals surface area (Å²) >= 11 is 0. The van der Waals surface area contributed by atoms with Crippen LogP contribution in [0, 0.1) is 5.92 Å². The second kappa shape index (κ2) is 6.15. The number of fused-ring (bicyclic) bond motifs is 1. The molecule has 1 saturated heterocycles. The lowest BCUT2D eigenvalue weighted by atomic mass is 9.96. The lowest BCUT2D eigenvalue weighted by Crippen LogP contribution is -2.36. The third-order valence-corrected chi connectivity index (χ3v) is 4.12. The maximum absolute atomic E-state index is 12.3. The number of amides is 2. The van der Waals surface area contributed by atoms with Gasteiger partial charge in [-0.1, -0.05) is 0 Å². The van der Waals surface area contributed by atoms with E-state index in [1.165, 1.54) is 0 Å². The second-order valence-corrected chi connectivity index (χ2v) is 5.66. The van der Waals surface area contributed by atoms with E-state index in [2.05, 4.69) is 32.8 Å². The lowest BCUT2D eigenvalue weighted by molar-refractivity contribution is -0.121. The van der Waals surface area contributed by atoms with Crippen molar-refractivity contribution >= 4 is 34.7 Å². The zero-order chi connectivity index (χ0) is 15.5. The predicted molar refractivity (Wildman–Crippen MR) is 84.6 cm³/mol. The molecular formula is C15H19N5O2. The topological polar surface area (TPSA) is 90.1 Å². The molecule has 116 valence electrons. The van der Waals surface area contributed by atoms with Crippen LogP contribution in [0.5, 0.6) is 0 Å². The Labute approximate surface area is 128 Å². The predicted octanol–water partition coefficient (Wildman–Crippen LogP) is 1.41. The van der Waals surface area contributed by atoms with Gasteiger partial charge in [0.05, 0.1) is 5.52 Å². The maximum atomic E-state index is 12.3. The van der Waals surface area contributed by atoms with Crippen molar-refractivity contribution in [3.8, 4) is 0 Å². The van der Waals surface area contributed by atoms with E-state index >= 15 is 0 Å². The van der Waals surface area contributed by atoms with Crippen LogP contribution >= 0.6 is 0 Å². The van der Waals surface area contributed by atoms with E-state index in [9.17, 15) is 9.59 Å². The highest BCUT2D eigenvalue weighted by molar-refractivity contribution is 6.01. The first-order valence-corrected chi connectivity index (χ1v) is 7.35. The van der Waals surface area contributed by atoms with Crippen molar-refractivity contribution in [1.29, 1.82) is 0 Å². The summed E-state index contributed by atoms with van der Waals surface area (Å²) in [4.78, 5) is 25.0. The number of likely N-dealkylation sites (tertiary alicyclic amines) is 1. The minimum atomic E-state index is 0.0246. The number of carbonyl (C=O) groups excluding carboxylic acids is 2. The number of benzene rings is 1. The summed E-state index contributed by atoms with van der Waals surface area (Å²) in [5.74, 6) is 0.604. The molecule has 7 nitrogen and oxygen atoms in total. The minimum Gasteiger partial charge on any atom is -0.329 e. The van der Waals surface area contributed by atoms with Gasteiger partial charge in [0, 0.05) is 17.0 Å². The van der Waals surface area contributed by atoms with Gasteiger partial charge in [-0.05, 0) is 51.2 Å². The van der Waals surface area contributed by atoms with Crippen LogP contribution in [-0.2, 0) is 9.59 Å². The monoisotopic (exact) mass is 301 g/mol. The van der Waals surface area contributed by atoms with Crippen molar-refractivity contribution in [2.24, 2.45) is 5.92 Å². The van der Waals surface area contributed by atoms with Crippen LogP contribution < -0.4 is 10.6 Å². The largest absolute Gasteiger partial charge is 0.329 e. The van der Waals surface area contributed by atoms with Crippen LogP contribution in [0.25, 0.3) is 10.9 Å². The molecule has 0 radical (unpaired) electrons. The smallest absolute Gasteiger partial charge is 0.228 e. The molecule has 7 heteroatoms. The lowest BCUT2D eigenvalue weighted by Gasteiger charge is -2.27. The molecule has 0 atom stereocenters. The first kappa shape index (κ1) is 14.5. The third-order valence-electron chi connectivity index (χ3n) is 4.12. The first-order chi connectivity index (χ1) is 10.7. The van der Waals surface area contributed by atoms with Gasteiger partial charge in [0.25, 0.3) is 0 Å². The Balaban J connectivity index is 1.73. The van der Waals surface area contributed by atoms with E-state index < -0.39 is 0 Å². The number of rotatable bonds is 4. The van der Waals surface area contributed by atoms with E-state index in [4.69, 9.17) is 0 Å². The molecule has 2 aromatic rings. The zero-order valence-corrected chi connectivity index (χ0v) is 12.4. The number of hydrogen-bond acceptors (Lipinski definition) is 4. The Morgan fingerprint density at radius 1 is 1.41 bits per heavy atom. The molecule has 0 aliphatic carbocycles. The van der Waals surface area contributed by atoms with Crippen LogP contribution in [0.15, 0.2) is 18.2 Å². The molecule has 1 aliphatic rings. The van der Waals surface area contributed by atoms with Crippen LogP contribution in [-0.4, -0.2) is 47.6 Å². The zero-order valence-electron chi connectivity index (χ0n) is 12.4. The number of aromatic nitrogens is 2. The molecule has 1 aromatic heterocycles. The van der Waals surface area contributed by atoms with E-state index in [1.54, 1.807) is 12.1 Å². The SMILES string of the molecule is CN1CCC(C(=O)Nc2n[nH]c3cc(NC=O)ccc23)CC1. The molecule has 2 amide bonds. The Morgan fingerprint density at radius 2 is 2.18 bits per heavy atom. The van der Waals surface area contributed by atoms with Crippen molar-refractivity contribution in [1.82, 2.24) is 15.1 Å². The maximum Gasteiger partial charge on any atom is 0.228 e. The number of H-pyrrole nitrogens is 1. The molecule has 3 N–H and O–H groups in total. The fourth-order valence-electron chi connectivity index (χ4n) is 2.76. The van der Waals surface area contributed by atoms with Gasteiger partial charge in [-0.3, -0.25) is 14.7 Å². The van der Waals surface area contributed by atoms with Gasteiger partial charge in [-0.25, -0.2) is 0 Å². The van der Waals surface area contributed by atoms with Gasteiger partial charge in [-0.2, -0.15) is 5.10 Å². The standard InChI is InChI=1S/C15H19N5O2/c1-20-6-4-10(5-7-20)15(22)17-14-12-3-2-11(16-9-21)8-13(12)18-19-14/h2-3,8-10H,4-7H2,1H3,(H,16,21)(H2,17,18,19,22). The summed E-state index contributed by atoms with van der Waals surface area (Å²) in [6.45, 7) is 1.89. The summed E-state index contributed by atoms with van der Waals surface area (Å²) in [7, 11) is 2.07. The normalized spacial score (nSPS) is 16.6. The van der Waals surface area contributed by atoms with Gasteiger partial charge >= 0.3 is 0 Å². The highest BCUT2D eigenvalue weighted by Gasteiger charge is 2.24. The highest BCUT2D eigenvalue weighted by atomic mass is 16.2.